The van der Waals surface area contributed by atoms with E-state index in [1.54, 1.807) is 6.20 Å². The number of nitrogens with one attached hydrogen (secondary N) is 1. The zero-order valence-electron chi connectivity index (χ0n) is 10.4. The van der Waals surface area contributed by atoms with Crippen LogP contribution in [0, 0.1) is 20.8 Å². The lowest BCUT2D eigenvalue weighted by atomic mass is 10.1. The topological polar surface area (TPSA) is 37.8 Å². The molecule has 0 radical (unpaired) electrons. The summed E-state index contributed by atoms with van der Waals surface area (Å²) in [6, 6.07) is 3.89. The van der Waals surface area contributed by atoms with Gasteiger partial charge < -0.3 is 5.32 Å². The van der Waals surface area contributed by atoms with Crippen LogP contribution in [0.4, 0.5) is 11.5 Å². The Morgan fingerprint density at radius 3 is 2.67 bits per heavy atom. The minimum Gasteiger partial charge on any atom is -0.339 e. The van der Waals surface area contributed by atoms with Crippen molar-refractivity contribution < 1.29 is 0 Å². The van der Waals surface area contributed by atoms with E-state index in [0.717, 1.165) is 38.0 Å². The molecule has 0 amide bonds. The molecule has 0 saturated heterocycles. The first-order valence-corrected chi connectivity index (χ1v) is 6.68. The molecule has 0 unspecified atom stereocenters. The van der Waals surface area contributed by atoms with E-state index < -0.39 is 0 Å². The Kier molecular flexibility index (Phi) is 3.88. The molecule has 18 heavy (non-hydrogen) atoms. The Balaban J connectivity index is 2.46. The molecule has 0 aliphatic heterocycles. The van der Waals surface area contributed by atoms with E-state index in [2.05, 4.69) is 31.2 Å². The predicted molar refractivity (Wildman–Crippen MR) is 78.7 cm³/mol. The normalized spacial score (nSPS) is 10.5. The van der Waals surface area contributed by atoms with Crippen molar-refractivity contribution in [3.63, 3.8) is 0 Å². The molecule has 0 aliphatic carbocycles. The van der Waals surface area contributed by atoms with Crippen LogP contribution in [0.2, 0.25) is 5.02 Å². The average Bonchev–Trinajstić information content (AvgIpc) is 2.34. The lowest BCUT2D eigenvalue weighted by Gasteiger charge is -2.14. The van der Waals surface area contributed by atoms with Gasteiger partial charge in [-0.15, -0.1) is 0 Å². The minimum atomic E-state index is 0.720. The molecule has 1 heterocycles. The second-order valence-electron chi connectivity index (χ2n) is 4.10. The number of aryl methyl sites for hydroxylation is 2. The van der Waals surface area contributed by atoms with Crippen molar-refractivity contribution in [3.8, 4) is 0 Å². The SMILES string of the molecule is Cc1ncc(Br)c(Nc2c(C)ccc(Cl)c2C)n1. The number of nitrogens with zero attached hydrogens (tertiary/aromatic N) is 2. The van der Waals surface area contributed by atoms with Crippen LogP contribution in [0.1, 0.15) is 17.0 Å². The van der Waals surface area contributed by atoms with E-state index in [0.29, 0.717) is 0 Å². The largest absolute Gasteiger partial charge is 0.339 e. The highest BCUT2D eigenvalue weighted by Gasteiger charge is 2.09. The molecule has 1 aromatic carbocycles. The molecule has 0 bridgehead atoms. The van der Waals surface area contributed by atoms with Gasteiger partial charge in [0.25, 0.3) is 0 Å². The summed E-state index contributed by atoms with van der Waals surface area (Å²) in [7, 11) is 0. The van der Waals surface area contributed by atoms with Crippen molar-refractivity contribution >= 4 is 39.0 Å². The summed E-state index contributed by atoms with van der Waals surface area (Å²) < 4.78 is 0.826. The van der Waals surface area contributed by atoms with Crippen LogP contribution in [0.5, 0.6) is 0 Å². The van der Waals surface area contributed by atoms with Crippen LogP contribution in [0.3, 0.4) is 0 Å². The van der Waals surface area contributed by atoms with Gasteiger partial charge in [0.2, 0.25) is 0 Å². The number of hydrogen-bond acceptors (Lipinski definition) is 3. The standard InChI is InChI=1S/C13H13BrClN3/c1-7-4-5-11(15)8(2)12(7)18-13-10(14)6-16-9(3)17-13/h4-6H,1-3H3,(H,16,17,18). The van der Waals surface area contributed by atoms with Gasteiger partial charge in [0, 0.05) is 16.9 Å². The van der Waals surface area contributed by atoms with Crippen molar-refractivity contribution in [2.24, 2.45) is 0 Å². The van der Waals surface area contributed by atoms with Gasteiger partial charge in [0.15, 0.2) is 0 Å². The summed E-state index contributed by atoms with van der Waals surface area (Å²) in [5.41, 5.74) is 3.13. The van der Waals surface area contributed by atoms with Gasteiger partial charge in [-0.1, -0.05) is 17.7 Å². The predicted octanol–water partition coefficient (Wildman–Crippen LogP) is 4.56. The van der Waals surface area contributed by atoms with Gasteiger partial charge >= 0.3 is 0 Å². The lowest BCUT2D eigenvalue weighted by molar-refractivity contribution is 1.05. The van der Waals surface area contributed by atoms with Crippen LogP contribution in [0.25, 0.3) is 0 Å². The number of hydrogen-bond donors (Lipinski definition) is 1. The Labute approximate surface area is 120 Å². The summed E-state index contributed by atoms with van der Waals surface area (Å²) >= 11 is 9.57. The van der Waals surface area contributed by atoms with E-state index in [1.165, 1.54) is 0 Å². The van der Waals surface area contributed by atoms with Crippen molar-refractivity contribution in [2.75, 3.05) is 5.32 Å². The Morgan fingerprint density at radius 1 is 1.22 bits per heavy atom. The monoisotopic (exact) mass is 325 g/mol. The zero-order valence-corrected chi connectivity index (χ0v) is 12.7. The maximum absolute atomic E-state index is 6.14. The Hall–Kier alpha value is -1.13. The number of anilines is 2. The van der Waals surface area contributed by atoms with Crippen molar-refractivity contribution in [2.45, 2.75) is 20.8 Å². The van der Waals surface area contributed by atoms with Crippen LogP contribution >= 0.6 is 27.5 Å². The molecule has 2 aromatic rings. The van der Waals surface area contributed by atoms with E-state index in [4.69, 9.17) is 11.6 Å². The first kappa shape index (κ1) is 13.3. The third-order valence-electron chi connectivity index (χ3n) is 2.72. The maximum Gasteiger partial charge on any atom is 0.148 e. The van der Waals surface area contributed by atoms with Gasteiger partial charge in [-0.05, 0) is 53.9 Å². The quantitative estimate of drug-likeness (QED) is 0.879. The Morgan fingerprint density at radius 2 is 1.94 bits per heavy atom. The molecule has 0 atom stereocenters. The zero-order chi connectivity index (χ0) is 13.3. The summed E-state index contributed by atoms with van der Waals surface area (Å²) in [5, 5.41) is 4.05. The highest BCUT2D eigenvalue weighted by atomic mass is 79.9. The molecule has 1 N–H and O–H groups in total. The molecule has 0 fully saturated rings. The summed E-state index contributed by atoms with van der Waals surface area (Å²) in [4.78, 5) is 8.49. The molecule has 94 valence electrons. The van der Waals surface area contributed by atoms with Crippen LogP contribution in [-0.2, 0) is 0 Å². The molecule has 0 spiro atoms. The van der Waals surface area contributed by atoms with Gasteiger partial charge in [-0.25, -0.2) is 9.97 Å². The summed E-state index contributed by atoms with van der Waals surface area (Å²) in [6.45, 7) is 5.88. The van der Waals surface area contributed by atoms with E-state index in [1.807, 2.05) is 32.9 Å². The van der Waals surface area contributed by atoms with E-state index >= 15 is 0 Å². The van der Waals surface area contributed by atoms with E-state index in [9.17, 15) is 0 Å². The van der Waals surface area contributed by atoms with Gasteiger partial charge in [0.05, 0.1) is 4.47 Å². The van der Waals surface area contributed by atoms with Gasteiger partial charge in [-0.2, -0.15) is 0 Å². The first-order chi connectivity index (χ1) is 8.49. The highest BCUT2D eigenvalue weighted by Crippen LogP contribution is 2.31. The lowest BCUT2D eigenvalue weighted by Crippen LogP contribution is -2.01. The van der Waals surface area contributed by atoms with Gasteiger partial charge in [0.1, 0.15) is 11.6 Å². The molecular weight excluding hydrogens is 314 g/mol. The smallest absolute Gasteiger partial charge is 0.148 e. The fourth-order valence-electron chi connectivity index (χ4n) is 1.68. The molecule has 5 heteroatoms. The fourth-order valence-corrected chi connectivity index (χ4v) is 2.12. The van der Waals surface area contributed by atoms with Crippen molar-refractivity contribution in [1.29, 1.82) is 0 Å². The summed E-state index contributed by atoms with van der Waals surface area (Å²) in [5.74, 6) is 1.47. The average molecular weight is 327 g/mol. The highest BCUT2D eigenvalue weighted by molar-refractivity contribution is 9.10. The second kappa shape index (κ2) is 5.24. The number of benzene rings is 1. The van der Waals surface area contributed by atoms with E-state index in [-0.39, 0.29) is 0 Å². The maximum atomic E-state index is 6.14. The second-order valence-corrected chi connectivity index (χ2v) is 5.36. The van der Waals surface area contributed by atoms with Crippen molar-refractivity contribution in [3.05, 3.63) is 44.8 Å². The molecule has 3 nitrogen and oxygen atoms in total. The van der Waals surface area contributed by atoms with Crippen LogP contribution in [0.15, 0.2) is 22.8 Å². The third-order valence-corrected chi connectivity index (χ3v) is 3.70. The first-order valence-electron chi connectivity index (χ1n) is 5.51. The fraction of sp³-hybridized carbons (Fsp3) is 0.231. The third kappa shape index (κ3) is 2.65. The Bertz CT molecular complexity index is 599. The number of halogens is 2. The summed E-state index contributed by atoms with van der Waals surface area (Å²) in [6.07, 6.45) is 1.74. The number of rotatable bonds is 2. The van der Waals surface area contributed by atoms with Gasteiger partial charge in [-0.3, -0.25) is 0 Å². The molecule has 0 saturated carbocycles. The molecular formula is C13H13BrClN3. The molecule has 0 aliphatic rings. The number of aromatic nitrogens is 2. The molecule has 1 aromatic heterocycles. The van der Waals surface area contributed by atoms with Crippen LogP contribution < -0.4 is 5.32 Å². The minimum absolute atomic E-state index is 0.720. The van der Waals surface area contributed by atoms with Crippen LogP contribution in [-0.4, -0.2) is 9.97 Å². The van der Waals surface area contributed by atoms with Crippen molar-refractivity contribution in [1.82, 2.24) is 9.97 Å². The molecule has 2 rings (SSSR count).